The summed E-state index contributed by atoms with van der Waals surface area (Å²) in [7, 11) is 1.96. The third kappa shape index (κ3) is 4.05. The highest BCUT2D eigenvalue weighted by Gasteiger charge is 2.18. The molecule has 0 bridgehead atoms. The summed E-state index contributed by atoms with van der Waals surface area (Å²) >= 11 is 0. The lowest BCUT2D eigenvalue weighted by Crippen LogP contribution is -1.96. The van der Waals surface area contributed by atoms with Gasteiger partial charge in [-0.25, -0.2) is 4.98 Å². The van der Waals surface area contributed by atoms with Gasteiger partial charge in [-0.15, -0.1) is 0 Å². The number of aromatic nitrogens is 4. The third-order valence-electron chi connectivity index (χ3n) is 6.10. The number of phenols is 1. The highest BCUT2D eigenvalue weighted by Crippen LogP contribution is 2.36. The van der Waals surface area contributed by atoms with E-state index >= 15 is 0 Å². The van der Waals surface area contributed by atoms with E-state index in [0.29, 0.717) is 17.3 Å². The van der Waals surface area contributed by atoms with E-state index in [4.69, 9.17) is 4.98 Å². The minimum atomic E-state index is 0.217. The van der Waals surface area contributed by atoms with Crippen LogP contribution in [-0.4, -0.2) is 24.6 Å². The zero-order chi connectivity index (χ0) is 23.8. The molecule has 0 aliphatic rings. The predicted octanol–water partition coefficient (Wildman–Crippen LogP) is 6.58. The molecule has 0 amide bonds. The summed E-state index contributed by atoms with van der Waals surface area (Å²) < 4.78 is 2.00. The molecule has 0 aliphatic heterocycles. The quantitative estimate of drug-likeness (QED) is 0.330. The summed E-state index contributed by atoms with van der Waals surface area (Å²) in [6.45, 7) is 6.47. The van der Waals surface area contributed by atoms with Gasteiger partial charge in [-0.3, -0.25) is 9.97 Å². The average Bonchev–Trinajstić information content (AvgIpc) is 3.17. The smallest absolute Gasteiger partial charge is 0.144 e. The minimum Gasteiger partial charge on any atom is -0.507 e. The first-order chi connectivity index (χ1) is 16.4. The number of hydrogen-bond acceptors (Lipinski definition) is 4. The Morgan fingerprint density at radius 2 is 1.76 bits per heavy atom. The normalized spacial score (nSPS) is 11.4. The third-order valence-corrected chi connectivity index (χ3v) is 6.10. The summed E-state index contributed by atoms with van der Waals surface area (Å²) in [6, 6.07) is 18.2. The van der Waals surface area contributed by atoms with Gasteiger partial charge in [0.15, 0.2) is 0 Å². The highest BCUT2D eigenvalue weighted by atomic mass is 16.3. The van der Waals surface area contributed by atoms with Gasteiger partial charge in [0.05, 0.1) is 23.0 Å². The van der Waals surface area contributed by atoms with Crippen molar-refractivity contribution < 1.29 is 5.11 Å². The van der Waals surface area contributed by atoms with Crippen molar-refractivity contribution >= 4 is 11.0 Å². The van der Waals surface area contributed by atoms with Crippen LogP contribution >= 0.6 is 0 Å². The molecule has 170 valence electrons. The van der Waals surface area contributed by atoms with Crippen LogP contribution in [0.15, 0.2) is 73.2 Å². The fraction of sp³-hybridized carbons (Fsp3) is 0.207. The number of imidazole rings is 1. The van der Waals surface area contributed by atoms with Gasteiger partial charge in [0.25, 0.3) is 0 Å². The maximum atomic E-state index is 10.5. The summed E-state index contributed by atoms with van der Waals surface area (Å²) in [5.74, 6) is 1.47. The molecule has 0 atom stereocenters. The number of pyridine rings is 2. The number of rotatable bonds is 5. The molecule has 0 radical (unpaired) electrons. The van der Waals surface area contributed by atoms with E-state index in [1.54, 1.807) is 6.07 Å². The average molecular weight is 449 g/mol. The Labute approximate surface area is 199 Å². The van der Waals surface area contributed by atoms with Gasteiger partial charge in [-0.1, -0.05) is 37.6 Å². The van der Waals surface area contributed by atoms with E-state index < -0.39 is 0 Å². The Hall–Kier alpha value is -3.99. The van der Waals surface area contributed by atoms with Crippen LogP contribution in [0, 0.1) is 12.8 Å². The molecule has 0 saturated carbocycles. The molecule has 0 unspecified atom stereocenters. The fourth-order valence-electron chi connectivity index (χ4n) is 4.50. The number of aryl methyl sites for hydroxylation is 2. The molecule has 0 spiro atoms. The van der Waals surface area contributed by atoms with Crippen LogP contribution in [0.4, 0.5) is 0 Å². The van der Waals surface area contributed by atoms with Gasteiger partial charge in [-0.2, -0.15) is 0 Å². The second-order valence-electron chi connectivity index (χ2n) is 9.30. The van der Waals surface area contributed by atoms with Crippen LogP contribution < -0.4 is 0 Å². The van der Waals surface area contributed by atoms with Crippen LogP contribution in [-0.2, 0) is 13.5 Å². The van der Waals surface area contributed by atoms with Gasteiger partial charge < -0.3 is 9.67 Å². The van der Waals surface area contributed by atoms with E-state index in [-0.39, 0.29) is 5.75 Å². The van der Waals surface area contributed by atoms with Crippen molar-refractivity contribution in [2.24, 2.45) is 13.0 Å². The lowest BCUT2D eigenvalue weighted by Gasteiger charge is -2.12. The van der Waals surface area contributed by atoms with Crippen LogP contribution in [0.5, 0.6) is 5.75 Å². The second-order valence-corrected chi connectivity index (χ2v) is 9.30. The minimum absolute atomic E-state index is 0.217. The maximum absolute atomic E-state index is 10.5. The Morgan fingerprint density at radius 1 is 0.941 bits per heavy atom. The Kier molecular flexibility index (Phi) is 5.62. The number of aromatic hydroxyl groups is 1. The van der Waals surface area contributed by atoms with E-state index in [1.165, 1.54) is 5.56 Å². The molecule has 0 fully saturated rings. The van der Waals surface area contributed by atoms with Gasteiger partial charge in [0, 0.05) is 30.6 Å². The van der Waals surface area contributed by atoms with Crippen LogP contribution in [0.3, 0.4) is 0 Å². The molecule has 3 heterocycles. The van der Waals surface area contributed by atoms with Crippen molar-refractivity contribution in [1.29, 1.82) is 0 Å². The summed E-state index contributed by atoms with van der Waals surface area (Å²) in [4.78, 5) is 14.1. The molecule has 5 heteroatoms. The van der Waals surface area contributed by atoms with E-state index in [2.05, 4.69) is 42.0 Å². The highest BCUT2D eigenvalue weighted by molar-refractivity contribution is 5.94. The monoisotopic (exact) mass is 448 g/mol. The van der Waals surface area contributed by atoms with Crippen LogP contribution in [0.1, 0.15) is 25.0 Å². The van der Waals surface area contributed by atoms with Crippen molar-refractivity contribution in [3.63, 3.8) is 0 Å². The summed E-state index contributed by atoms with van der Waals surface area (Å²) in [5.41, 5.74) is 8.89. The summed E-state index contributed by atoms with van der Waals surface area (Å²) in [6.07, 6.45) is 6.51. The fourth-order valence-corrected chi connectivity index (χ4v) is 4.50. The van der Waals surface area contributed by atoms with Crippen molar-refractivity contribution in [2.45, 2.75) is 27.2 Å². The van der Waals surface area contributed by atoms with Crippen LogP contribution in [0.2, 0.25) is 0 Å². The summed E-state index contributed by atoms with van der Waals surface area (Å²) in [5, 5.41) is 10.5. The van der Waals surface area contributed by atoms with E-state index in [1.807, 2.05) is 67.5 Å². The SMILES string of the molecule is Cc1ccc(O)c(-c2nc3c(-c4cc(CC(C)C)cc(-c5ccccn5)c4)cncc3n2C)c1. The Balaban J connectivity index is 1.72. The number of phenolic OH excluding ortho intramolecular Hbond substituents is 1. The van der Waals surface area contributed by atoms with E-state index in [9.17, 15) is 5.11 Å². The zero-order valence-corrected chi connectivity index (χ0v) is 19.9. The molecule has 5 rings (SSSR count). The zero-order valence-electron chi connectivity index (χ0n) is 19.9. The van der Waals surface area contributed by atoms with Gasteiger partial charge in [0.2, 0.25) is 0 Å². The van der Waals surface area contributed by atoms with Crippen molar-refractivity contribution in [1.82, 2.24) is 19.5 Å². The molecule has 1 N–H and O–H groups in total. The van der Waals surface area contributed by atoms with Gasteiger partial charge in [-0.05, 0) is 66.8 Å². The standard InChI is InChI=1S/C29H28N4O/c1-18(2)11-20-13-21(15-22(14-20)25-7-5-6-10-31-25)24-16-30-17-26-28(24)32-29(33(26)4)23-12-19(3)8-9-27(23)34/h5-10,12-18,34H,11H2,1-4H3. The Bertz CT molecular complexity index is 1490. The van der Waals surface area contributed by atoms with Crippen molar-refractivity contribution in [3.8, 4) is 39.5 Å². The Morgan fingerprint density at radius 3 is 2.53 bits per heavy atom. The first-order valence-electron chi connectivity index (χ1n) is 11.6. The predicted molar refractivity (Wildman–Crippen MR) is 138 cm³/mol. The van der Waals surface area contributed by atoms with Crippen molar-refractivity contribution in [3.05, 3.63) is 84.3 Å². The van der Waals surface area contributed by atoms with Crippen molar-refractivity contribution in [2.75, 3.05) is 0 Å². The number of hydrogen-bond donors (Lipinski definition) is 1. The molecule has 5 aromatic rings. The molecule has 2 aromatic carbocycles. The molecule has 5 nitrogen and oxygen atoms in total. The molecule has 0 saturated heterocycles. The molecular formula is C29H28N4O. The number of benzene rings is 2. The largest absolute Gasteiger partial charge is 0.507 e. The first-order valence-corrected chi connectivity index (χ1v) is 11.6. The lowest BCUT2D eigenvalue weighted by molar-refractivity contribution is 0.476. The lowest BCUT2D eigenvalue weighted by atomic mass is 9.94. The molecule has 34 heavy (non-hydrogen) atoms. The molecular weight excluding hydrogens is 420 g/mol. The van der Waals surface area contributed by atoms with Crippen LogP contribution in [0.25, 0.3) is 44.8 Å². The molecule has 3 aromatic heterocycles. The topological polar surface area (TPSA) is 63.8 Å². The maximum Gasteiger partial charge on any atom is 0.144 e. The van der Waals surface area contributed by atoms with Gasteiger partial charge in [0.1, 0.15) is 17.1 Å². The van der Waals surface area contributed by atoms with Gasteiger partial charge >= 0.3 is 0 Å². The first kappa shape index (κ1) is 21.8. The second kappa shape index (κ2) is 8.75. The number of fused-ring (bicyclic) bond motifs is 1. The molecule has 0 aliphatic carbocycles. The van der Waals surface area contributed by atoms with E-state index in [0.717, 1.165) is 45.4 Å². The number of nitrogens with zero attached hydrogens (tertiary/aromatic N) is 4.